The first-order chi connectivity index (χ1) is 18.4. The van der Waals surface area contributed by atoms with E-state index in [1.807, 2.05) is 22.9 Å². The van der Waals surface area contributed by atoms with Crippen molar-refractivity contribution in [2.24, 2.45) is 5.92 Å². The number of nitrogens with one attached hydrogen (secondary N) is 2. The predicted octanol–water partition coefficient (Wildman–Crippen LogP) is 3.63. The summed E-state index contributed by atoms with van der Waals surface area (Å²) in [6.45, 7) is 3.52. The van der Waals surface area contributed by atoms with E-state index >= 15 is 0 Å². The molecular formula is C30H43N5O3. The summed E-state index contributed by atoms with van der Waals surface area (Å²) in [6, 6.07) is 9.55. The smallest absolute Gasteiger partial charge is 0.268 e. The van der Waals surface area contributed by atoms with Crippen LogP contribution >= 0.6 is 0 Å². The van der Waals surface area contributed by atoms with Crippen molar-refractivity contribution in [2.75, 3.05) is 40.3 Å². The molecule has 5 rings (SSSR count). The fraction of sp³-hybridized carbons (Fsp3) is 0.600. The monoisotopic (exact) mass is 521 g/mol. The van der Waals surface area contributed by atoms with E-state index in [9.17, 15) is 14.7 Å². The molecule has 2 atom stereocenters. The van der Waals surface area contributed by atoms with Gasteiger partial charge in [0.1, 0.15) is 11.4 Å². The van der Waals surface area contributed by atoms with Gasteiger partial charge in [0.15, 0.2) is 0 Å². The number of benzene rings is 1. The predicted molar refractivity (Wildman–Crippen MR) is 149 cm³/mol. The molecule has 38 heavy (non-hydrogen) atoms. The molecule has 1 aliphatic carbocycles. The summed E-state index contributed by atoms with van der Waals surface area (Å²) < 4.78 is 1.94. The Labute approximate surface area is 226 Å². The van der Waals surface area contributed by atoms with E-state index in [1.54, 1.807) is 18.2 Å². The molecule has 206 valence electrons. The highest BCUT2D eigenvalue weighted by molar-refractivity contribution is 5.95. The number of phenols is 1. The molecule has 0 spiro atoms. The highest BCUT2D eigenvalue weighted by Crippen LogP contribution is 2.31. The second-order valence-corrected chi connectivity index (χ2v) is 11.7. The number of carbonyl (C=O) groups excluding carboxylic acids is 2. The van der Waals surface area contributed by atoms with E-state index in [4.69, 9.17) is 0 Å². The maximum absolute atomic E-state index is 13.5. The van der Waals surface area contributed by atoms with Gasteiger partial charge in [0.2, 0.25) is 5.91 Å². The molecule has 0 radical (unpaired) electrons. The molecule has 2 aliphatic heterocycles. The van der Waals surface area contributed by atoms with Crippen LogP contribution in [-0.2, 0) is 4.79 Å². The number of piperidine rings is 1. The largest absolute Gasteiger partial charge is 0.508 e. The highest BCUT2D eigenvalue weighted by atomic mass is 16.3. The SMILES string of the molecule is CN(C)C1CCN(C[C@@H](NC(=O)CC2CNC(=O)c3cc(-c4cccc(O)c4)cn32)C2CCCCC2)CC1. The van der Waals surface area contributed by atoms with Crippen molar-refractivity contribution in [3.63, 3.8) is 0 Å². The quantitative estimate of drug-likeness (QED) is 0.494. The first-order valence-electron chi connectivity index (χ1n) is 14.3. The summed E-state index contributed by atoms with van der Waals surface area (Å²) in [5.41, 5.74) is 2.26. The summed E-state index contributed by atoms with van der Waals surface area (Å²) in [4.78, 5) is 31.0. The van der Waals surface area contributed by atoms with Crippen LogP contribution in [-0.4, -0.2) is 83.6 Å². The summed E-state index contributed by atoms with van der Waals surface area (Å²) in [5, 5.41) is 16.3. The molecule has 3 heterocycles. The molecule has 1 aromatic heterocycles. The zero-order chi connectivity index (χ0) is 26.6. The molecule has 0 bridgehead atoms. The summed E-state index contributed by atoms with van der Waals surface area (Å²) >= 11 is 0. The fourth-order valence-electron chi connectivity index (χ4n) is 6.60. The maximum Gasteiger partial charge on any atom is 0.268 e. The number of phenolic OH excluding ortho intramolecular Hbond substituents is 1. The lowest BCUT2D eigenvalue weighted by Gasteiger charge is -2.39. The van der Waals surface area contributed by atoms with Crippen molar-refractivity contribution in [1.82, 2.24) is 25.0 Å². The standard InChI is InChI=1S/C30H43N5O3/c1-33(2)24-11-13-34(14-12-24)20-27(21-7-4-3-5-8-21)32-29(37)17-25-18-31-30(38)28-16-23(19-35(25)28)22-9-6-10-26(36)15-22/h6,9-10,15-16,19,21,24-25,27,36H,3-5,7-8,11-14,17-18,20H2,1-2H3,(H,31,38)(H,32,37)/t25?,27-/m1/s1. The number of fused-ring (bicyclic) bond motifs is 1. The van der Waals surface area contributed by atoms with E-state index < -0.39 is 0 Å². The Kier molecular flexibility index (Phi) is 8.39. The lowest BCUT2D eigenvalue weighted by Crippen LogP contribution is -2.52. The number of likely N-dealkylation sites (tertiary alicyclic amines) is 1. The van der Waals surface area contributed by atoms with Gasteiger partial charge in [0.05, 0.1) is 6.04 Å². The van der Waals surface area contributed by atoms with Crippen LogP contribution < -0.4 is 10.6 Å². The van der Waals surface area contributed by atoms with Gasteiger partial charge < -0.3 is 30.1 Å². The molecule has 3 aliphatic rings. The molecular weight excluding hydrogens is 478 g/mol. The normalized spacial score (nSPS) is 22.2. The minimum absolute atomic E-state index is 0.0588. The highest BCUT2D eigenvalue weighted by Gasteiger charge is 2.32. The third-order valence-corrected chi connectivity index (χ3v) is 8.88. The Morgan fingerprint density at radius 3 is 2.58 bits per heavy atom. The number of rotatable bonds is 8. The van der Waals surface area contributed by atoms with E-state index in [0.717, 1.165) is 30.8 Å². The Bertz CT molecular complexity index is 1110. The first kappa shape index (κ1) is 26.8. The molecule has 8 heteroatoms. The van der Waals surface area contributed by atoms with Gasteiger partial charge in [-0.1, -0.05) is 31.4 Å². The van der Waals surface area contributed by atoms with Crippen molar-refractivity contribution >= 4 is 11.8 Å². The Balaban J connectivity index is 1.26. The lowest BCUT2D eigenvalue weighted by atomic mass is 9.83. The molecule has 3 N–H and O–H groups in total. The second-order valence-electron chi connectivity index (χ2n) is 11.7. The van der Waals surface area contributed by atoms with Gasteiger partial charge in [-0.2, -0.15) is 0 Å². The van der Waals surface area contributed by atoms with Gasteiger partial charge >= 0.3 is 0 Å². The first-order valence-corrected chi connectivity index (χ1v) is 14.3. The van der Waals surface area contributed by atoms with Crippen LogP contribution in [0.5, 0.6) is 5.75 Å². The van der Waals surface area contributed by atoms with Crippen molar-refractivity contribution in [3.05, 3.63) is 42.2 Å². The lowest BCUT2D eigenvalue weighted by molar-refractivity contribution is -0.123. The van der Waals surface area contributed by atoms with Crippen molar-refractivity contribution in [1.29, 1.82) is 0 Å². The van der Waals surface area contributed by atoms with Crippen LogP contribution in [0.15, 0.2) is 36.5 Å². The van der Waals surface area contributed by atoms with Crippen molar-refractivity contribution in [3.8, 4) is 16.9 Å². The van der Waals surface area contributed by atoms with Crippen LogP contribution in [0.25, 0.3) is 11.1 Å². The van der Waals surface area contributed by atoms with Crippen LogP contribution in [0.2, 0.25) is 0 Å². The minimum atomic E-state index is -0.142. The van der Waals surface area contributed by atoms with Crippen molar-refractivity contribution in [2.45, 2.75) is 69.5 Å². The molecule has 1 aromatic carbocycles. The summed E-state index contributed by atoms with van der Waals surface area (Å²) in [6.07, 6.45) is 10.8. The third-order valence-electron chi connectivity index (χ3n) is 8.88. The molecule has 2 fully saturated rings. The van der Waals surface area contributed by atoms with Crippen LogP contribution in [0.4, 0.5) is 0 Å². The van der Waals surface area contributed by atoms with Gasteiger partial charge in [0.25, 0.3) is 5.91 Å². The zero-order valence-electron chi connectivity index (χ0n) is 22.9. The molecule has 2 amide bonds. The minimum Gasteiger partial charge on any atom is -0.508 e. The van der Waals surface area contributed by atoms with Crippen molar-refractivity contribution < 1.29 is 14.7 Å². The fourth-order valence-corrected chi connectivity index (χ4v) is 6.60. The third kappa shape index (κ3) is 6.24. The summed E-state index contributed by atoms with van der Waals surface area (Å²) in [7, 11) is 4.34. The number of aromatic nitrogens is 1. The van der Waals surface area contributed by atoms with Crippen LogP contribution in [0.1, 0.15) is 67.9 Å². The number of nitrogens with zero attached hydrogens (tertiary/aromatic N) is 3. The maximum atomic E-state index is 13.5. The van der Waals surface area contributed by atoms with Crippen LogP contribution in [0, 0.1) is 5.92 Å². The number of carbonyl (C=O) groups is 2. The molecule has 1 unspecified atom stereocenters. The molecule has 8 nitrogen and oxygen atoms in total. The second kappa shape index (κ2) is 11.9. The molecule has 1 saturated carbocycles. The number of aromatic hydroxyl groups is 1. The van der Waals surface area contributed by atoms with Gasteiger partial charge in [-0.15, -0.1) is 0 Å². The van der Waals surface area contributed by atoms with E-state index in [-0.39, 0.29) is 29.6 Å². The van der Waals surface area contributed by atoms with E-state index in [1.165, 1.54) is 44.9 Å². The van der Waals surface area contributed by atoms with Gasteiger partial charge in [0, 0.05) is 43.4 Å². The average Bonchev–Trinajstić information content (AvgIpc) is 3.38. The van der Waals surface area contributed by atoms with Crippen LogP contribution in [0.3, 0.4) is 0 Å². The molecule has 1 saturated heterocycles. The van der Waals surface area contributed by atoms with Gasteiger partial charge in [-0.25, -0.2) is 0 Å². The van der Waals surface area contributed by atoms with E-state index in [0.29, 0.717) is 30.6 Å². The molecule has 2 aromatic rings. The zero-order valence-corrected chi connectivity index (χ0v) is 22.9. The summed E-state index contributed by atoms with van der Waals surface area (Å²) in [5.74, 6) is 0.648. The topological polar surface area (TPSA) is 89.8 Å². The van der Waals surface area contributed by atoms with Gasteiger partial charge in [-0.05, 0) is 82.5 Å². The number of amides is 2. The van der Waals surface area contributed by atoms with Gasteiger partial charge in [-0.3, -0.25) is 9.59 Å². The Morgan fingerprint density at radius 2 is 1.87 bits per heavy atom. The number of hydrogen-bond donors (Lipinski definition) is 3. The number of hydrogen-bond acceptors (Lipinski definition) is 5. The Hall–Kier alpha value is -2.84. The average molecular weight is 522 g/mol. The Morgan fingerprint density at radius 1 is 1.11 bits per heavy atom. The van der Waals surface area contributed by atoms with E-state index in [2.05, 4.69) is 34.5 Å².